The molecule has 210 valence electrons. The van der Waals surface area contributed by atoms with E-state index < -0.39 is 49.9 Å². The van der Waals surface area contributed by atoms with Crippen molar-refractivity contribution in [1.29, 1.82) is 0 Å². The molecule has 4 heterocycles. The SMILES string of the molecule is CC(C)OC(=O)C(C)NP(=O)(OCC12COC(C)(C(n3cnc4c(N)ncnc43)O1)C2O)Oc1ccccc1. The van der Waals surface area contributed by atoms with Crippen molar-refractivity contribution in [3.63, 3.8) is 0 Å². The molecule has 6 atom stereocenters. The topological polar surface area (TPSA) is 182 Å². The van der Waals surface area contributed by atoms with Crippen LogP contribution in [-0.2, 0) is 28.1 Å². The smallest absolute Gasteiger partial charge is 0.459 e. The maximum atomic E-state index is 13.9. The van der Waals surface area contributed by atoms with Crippen LogP contribution in [0.15, 0.2) is 43.0 Å². The highest BCUT2D eigenvalue weighted by Crippen LogP contribution is 2.55. The summed E-state index contributed by atoms with van der Waals surface area (Å²) in [5.74, 6) is -0.191. The Morgan fingerprint density at radius 1 is 1.28 bits per heavy atom. The molecule has 3 aromatic rings. The van der Waals surface area contributed by atoms with Crippen LogP contribution in [-0.4, -0.2) is 73.3 Å². The van der Waals surface area contributed by atoms with Crippen LogP contribution in [0.5, 0.6) is 5.75 Å². The molecule has 2 aromatic heterocycles. The number of anilines is 1. The molecule has 0 amide bonds. The second-order valence-corrected chi connectivity index (χ2v) is 11.7. The average Bonchev–Trinajstić information content (AvgIpc) is 3.49. The van der Waals surface area contributed by atoms with Gasteiger partial charge >= 0.3 is 13.7 Å². The highest BCUT2D eigenvalue weighted by atomic mass is 31.2. The van der Waals surface area contributed by atoms with Gasteiger partial charge in [0.25, 0.3) is 0 Å². The number of fused-ring (bicyclic) bond motifs is 3. The number of carbonyl (C=O) groups excluding carboxylic acids is 1. The zero-order valence-corrected chi connectivity index (χ0v) is 22.8. The maximum Gasteiger partial charge on any atom is 0.459 e. The van der Waals surface area contributed by atoms with E-state index in [1.807, 2.05) is 0 Å². The number of carbonyl (C=O) groups is 1. The fourth-order valence-corrected chi connectivity index (χ4v) is 6.21. The number of aromatic nitrogens is 4. The molecule has 2 aliphatic heterocycles. The van der Waals surface area contributed by atoms with Gasteiger partial charge in [0.1, 0.15) is 40.9 Å². The first-order valence-corrected chi connectivity index (χ1v) is 13.9. The van der Waals surface area contributed by atoms with Crippen LogP contribution < -0.4 is 15.3 Å². The monoisotopic (exact) mass is 562 g/mol. The molecule has 2 fully saturated rings. The van der Waals surface area contributed by atoms with Crippen LogP contribution in [0.4, 0.5) is 5.82 Å². The first kappa shape index (κ1) is 27.4. The first-order valence-electron chi connectivity index (χ1n) is 12.4. The lowest BCUT2D eigenvalue weighted by atomic mass is 9.92. The van der Waals surface area contributed by atoms with Gasteiger partial charge in [0.15, 0.2) is 17.7 Å². The number of benzene rings is 1. The summed E-state index contributed by atoms with van der Waals surface area (Å²) >= 11 is 0. The van der Waals surface area contributed by atoms with Crippen LogP contribution in [0.1, 0.15) is 33.9 Å². The number of para-hydroxylation sites is 1. The molecule has 0 aliphatic carbocycles. The Morgan fingerprint density at radius 2 is 2.03 bits per heavy atom. The molecule has 14 nitrogen and oxygen atoms in total. The minimum absolute atomic E-state index is 0.0544. The number of nitrogens with two attached hydrogens (primary N) is 1. The van der Waals surface area contributed by atoms with Gasteiger partial charge in [-0.2, -0.15) is 5.09 Å². The molecule has 2 aliphatic rings. The average molecular weight is 563 g/mol. The van der Waals surface area contributed by atoms with E-state index in [2.05, 4.69) is 20.0 Å². The summed E-state index contributed by atoms with van der Waals surface area (Å²) in [5.41, 5.74) is 4.05. The summed E-state index contributed by atoms with van der Waals surface area (Å²) in [6.07, 6.45) is 0.342. The number of hydrogen-bond donors (Lipinski definition) is 3. The molecule has 0 radical (unpaired) electrons. The predicted molar refractivity (Wildman–Crippen MR) is 137 cm³/mol. The van der Waals surface area contributed by atoms with E-state index in [0.29, 0.717) is 11.2 Å². The number of ether oxygens (including phenoxy) is 3. The third kappa shape index (κ3) is 4.99. The van der Waals surface area contributed by atoms with Gasteiger partial charge in [-0.3, -0.25) is 13.9 Å². The Labute approximate surface area is 224 Å². The molecule has 15 heteroatoms. The van der Waals surface area contributed by atoms with Crippen LogP contribution in [0.25, 0.3) is 11.2 Å². The molecule has 0 saturated carbocycles. The summed E-state index contributed by atoms with van der Waals surface area (Å²) in [5, 5.41) is 14.0. The van der Waals surface area contributed by atoms with Crippen LogP contribution >= 0.6 is 7.75 Å². The van der Waals surface area contributed by atoms with E-state index in [0.717, 1.165) is 0 Å². The number of rotatable bonds is 10. The van der Waals surface area contributed by atoms with Crippen molar-refractivity contribution < 1.29 is 37.7 Å². The normalized spacial score (nSPS) is 28.5. The van der Waals surface area contributed by atoms with Crippen LogP contribution in [0, 0.1) is 0 Å². The van der Waals surface area contributed by atoms with E-state index in [1.165, 1.54) is 19.6 Å². The first-order chi connectivity index (χ1) is 18.5. The van der Waals surface area contributed by atoms with Gasteiger partial charge < -0.3 is 29.6 Å². The third-order valence-electron chi connectivity index (χ3n) is 6.65. The summed E-state index contributed by atoms with van der Waals surface area (Å²) in [6.45, 7) is 6.13. The number of hydrogen-bond acceptors (Lipinski definition) is 12. The molecular formula is C24H31N6O8P. The number of esters is 1. The van der Waals surface area contributed by atoms with Gasteiger partial charge in [-0.1, -0.05) is 18.2 Å². The number of aliphatic hydroxyl groups is 1. The van der Waals surface area contributed by atoms with Crippen molar-refractivity contribution in [2.24, 2.45) is 0 Å². The van der Waals surface area contributed by atoms with Gasteiger partial charge in [-0.25, -0.2) is 19.5 Å². The fraction of sp³-hybridized carbons (Fsp3) is 0.500. The van der Waals surface area contributed by atoms with E-state index in [9.17, 15) is 14.5 Å². The quantitative estimate of drug-likeness (QED) is 0.241. The molecule has 2 bridgehead atoms. The molecule has 0 spiro atoms. The van der Waals surface area contributed by atoms with Crippen molar-refractivity contribution >= 4 is 30.7 Å². The largest absolute Gasteiger partial charge is 0.462 e. The molecule has 6 unspecified atom stereocenters. The maximum absolute atomic E-state index is 13.9. The Kier molecular flexibility index (Phi) is 7.12. The molecular weight excluding hydrogens is 531 g/mol. The Bertz CT molecular complexity index is 1410. The van der Waals surface area contributed by atoms with Crippen molar-refractivity contribution in [1.82, 2.24) is 24.6 Å². The number of nitrogen functional groups attached to an aromatic ring is 1. The van der Waals surface area contributed by atoms with Gasteiger partial charge in [-0.05, 0) is 39.8 Å². The number of nitrogens with one attached hydrogen (secondary N) is 1. The van der Waals surface area contributed by atoms with Crippen molar-refractivity contribution in [2.45, 2.75) is 63.4 Å². The zero-order chi connectivity index (χ0) is 28.0. The number of imidazole rings is 1. The van der Waals surface area contributed by atoms with Gasteiger partial charge in [0.05, 0.1) is 25.6 Å². The Hall–Kier alpha value is -3.13. The zero-order valence-electron chi connectivity index (χ0n) is 21.9. The number of nitrogens with zero attached hydrogens (tertiary/aromatic N) is 4. The summed E-state index contributed by atoms with van der Waals surface area (Å²) < 4.78 is 44.6. The molecule has 4 N–H and O–H groups in total. The van der Waals surface area contributed by atoms with Crippen molar-refractivity contribution in [3.8, 4) is 5.75 Å². The minimum atomic E-state index is -4.21. The van der Waals surface area contributed by atoms with E-state index in [-0.39, 0.29) is 24.3 Å². The second kappa shape index (κ2) is 10.1. The third-order valence-corrected chi connectivity index (χ3v) is 8.27. The molecule has 39 heavy (non-hydrogen) atoms. The van der Waals surface area contributed by atoms with Gasteiger partial charge in [-0.15, -0.1) is 0 Å². The van der Waals surface area contributed by atoms with E-state index in [1.54, 1.807) is 55.7 Å². The van der Waals surface area contributed by atoms with Crippen LogP contribution in [0.3, 0.4) is 0 Å². The molecule has 5 rings (SSSR count). The fourth-order valence-electron chi connectivity index (χ4n) is 4.66. The Morgan fingerprint density at radius 3 is 2.74 bits per heavy atom. The van der Waals surface area contributed by atoms with Gasteiger partial charge in [0.2, 0.25) is 0 Å². The summed E-state index contributed by atoms with van der Waals surface area (Å²) in [6, 6.07) is 7.32. The molecule has 1 aromatic carbocycles. The van der Waals surface area contributed by atoms with E-state index >= 15 is 0 Å². The highest BCUT2D eigenvalue weighted by Gasteiger charge is 2.69. The van der Waals surface area contributed by atoms with Gasteiger partial charge in [0, 0.05) is 0 Å². The van der Waals surface area contributed by atoms with Crippen molar-refractivity contribution in [2.75, 3.05) is 18.9 Å². The lowest BCUT2D eigenvalue weighted by Crippen LogP contribution is -2.46. The lowest BCUT2D eigenvalue weighted by molar-refractivity contribution is -0.209. The predicted octanol–water partition coefficient (Wildman–Crippen LogP) is 1.96. The summed E-state index contributed by atoms with van der Waals surface area (Å²) in [7, 11) is -4.21. The minimum Gasteiger partial charge on any atom is -0.462 e. The molecule has 2 saturated heterocycles. The standard InChI is InChI=1S/C24H31N6O8P/c1-14(2)36-20(31)15(3)29-39(33,38-16-8-6-5-7-9-16)35-11-24-10-34-23(4,21(24)32)22(37-24)30-13-28-17-18(25)26-12-27-19(17)30/h5-9,12-15,21-22,32H,10-11H2,1-4H3,(H,29,33)(H2,25,26,27). The van der Waals surface area contributed by atoms with E-state index in [4.69, 9.17) is 29.0 Å². The second-order valence-electron chi connectivity index (χ2n) is 10.0. The van der Waals surface area contributed by atoms with Crippen molar-refractivity contribution in [3.05, 3.63) is 43.0 Å². The highest BCUT2D eigenvalue weighted by molar-refractivity contribution is 7.52. The summed E-state index contributed by atoms with van der Waals surface area (Å²) in [4.78, 5) is 24.9. The number of aliphatic hydroxyl groups excluding tert-OH is 1. The van der Waals surface area contributed by atoms with Crippen LogP contribution in [0.2, 0.25) is 0 Å². The Balaban J connectivity index is 1.39. The lowest BCUT2D eigenvalue weighted by Gasteiger charge is -2.34.